The fourth-order valence-electron chi connectivity index (χ4n) is 3.42. The molecule has 0 spiro atoms. The molecule has 0 radical (unpaired) electrons. The van der Waals surface area contributed by atoms with E-state index in [-0.39, 0.29) is 0 Å². The Labute approximate surface area is 156 Å². The first-order valence-corrected chi connectivity index (χ1v) is 10.0. The molecule has 2 aromatic rings. The highest BCUT2D eigenvalue weighted by atomic mass is 79.9. The highest BCUT2D eigenvalue weighted by Gasteiger charge is 2.23. The molecule has 0 N–H and O–H groups in total. The molecule has 2 aromatic carbocycles. The number of hydrogen-bond acceptors (Lipinski definition) is 1. The van der Waals surface area contributed by atoms with E-state index in [4.69, 9.17) is 0 Å². The molecule has 0 saturated carbocycles. The Morgan fingerprint density at radius 2 is 1.39 bits per heavy atom. The molecule has 122 valence electrons. The van der Waals surface area contributed by atoms with E-state index in [0.29, 0.717) is 0 Å². The van der Waals surface area contributed by atoms with Crippen LogP contribution in [0.5, 0.6) is 0 Å². The number of rotatable bonds is 6. The lowest BCUT2D eigenvalue weighted by atomic mass is 10.0. The summed E-state index contributed by atoms with van der Waals surface area (Å²) < 4.78 is 2.33. The molecule has 0 aliphatic carbocycles. The van der Waals surface area contributed by atoms with Crippen molar-refractivity contribution in [2.45, 2.75) is 38.1 Å². The van der Waals surface area contributed by atoms with Crippen LogP contribution in [0.4, 0.5) is 0 Å². The number of halogens is 2. The Kier molecular flexibility index (Phi) is 6.32. The zero-order chi connectivity index (χ0) is 16.1. The van der Waals surface area contributed by atoms with Crippen molar-refractivity contribution < 1.29 is 0 Å². The first-order chi connectivity index (χ1) is 11.2. The summed E-state index contributed by atoms with van der Waals surface area (Å²) in [5.41, 5.74) is 2.89. The largest absolute Gasteiger partial charge is 0.300 e. The van der Waals surface area contributed by atoms with E-state index in [0.717, 1.165) is 16.9 Å². The van der Waals surface area contributed by atoms with Crippen LogP contribution in [0.3, 0.4) is 0 Å². The lowest BCUT2D eigenvalue weighted by Gasteiger charge is -2.24. The van der Waals surface area contributed by atoms with Crippen molar-refractivity contribution in [2.75, 3.05) is 13.1 Å². The van der Waals surface area contributed by atoms with Gasteiger partial charge < -0.3 is 4.90 Å². The second-order valence-corrected chi connectivity index (χ2v) is 8.20. The van der Waals surface area contributed by atoms with Crippen LogP contribution in [0.1, 0.15) is 30.4 Å². The van der Waals surface area contributed by atoms with Crippen LogP contribution in [0, 0.1) is 0 Å². The van der Waals surface area contributed by atoms with Gasteiger partial charge in [0.2, 0.25) is 0 Å². The van der Waals surface area contributed by atoms with Gasteiger partial charge in [0.1, 0.15) is 0 Å². The molecule has 1 fully saturated rings. The zero-order valence-electron chi connectivity index (χ0n) is 13.3. The Balaban J connectivity index is 1.49. The average molecular weight is 437 g/mol. The SMILES string of the molecule is Brc1ccc(CCC2CCCN2CCc2ccc(Br)cc2)cc1. The Morgan fingerprint density at radius 3 is 2.00 bits per heavy atom. The summed E-state index contributed by atoms with van der Waals surface area (Å²) in [6.07, 6.45) is 6.33. The third-order valence-electron chi connectivity index (χ3n) is 4.78. The lowest BCUT2D eigenvalue weighted by Crippen LogP contribution is -2.31. The fraction of sp³-hybridized carbons (Fsp3) is 0.400. The minimum absolute atomic E-state index is 0.758. The Bertz CT molecular complexity index is 551. The summed E-state index contributed by atoms with van der Waals surface area (Å²) in [4.78, 5) is 2.70. The van der Waals surface area contributed by atoms with Crippen molar-refractivity contribution in [2.24, 2.45) is 0 Å². The minimum Gasteiger partial charge on any atom is -0.300 e. The summed E-state index contributed by atoms with van der Waals surface area (Å²) in [5.74, 6) is 0. The standard InChI is InChI=1S/C20H23Br2N/c21-18-8-3-16(4-9-18)7-12-20-2-1-14-23(20)15-13-17-5-10-19(22)11-6-17/h3-6,8-11,20H,1-2,7,12-15H2. The fourth-order valence-corrected chi connectivity index (χ4v) is 3.95. The first kappa shape index (κ1) is 17.2. The van der Waals surface area contributed by atoms with Gasteiger partial charge in [-0.15, -0.1) is 0 Å². The summed E-state index contributed by atoms with van der Waals surface area (Å²) in [6, 6.07) is 18.3. The Hall–Kier alpha value is -0.640. The van der Waals surface area contributed by atoms with E-state index in [1.54, 1.807) is 0 Å². The molecule has 1 saturated heterocycles. The molecule has 1 aliphatic rings. The maximum Gasteiger partial charge on any atom is 0.0175 e. The average Bonchev–Trinajstić information content (AvgIpc) is 3.01. The van der Waals surface area contributed by atoms with Crippen LogP contribution in [0.15, 0.2) is 57.5 Å². The van der Waals surface area contributed by atoms with Gasteiger partial charge in [-0.05, 0) is 74.0 Å². The molecule has 0 bridgehead atoms. The molecule has 1 aliphatic heterocycles. The van der Waals surface area contributed by atoms with Crippen molar-refractivity contribution in [3.63, 3.8) is 0 Å². The molecule has 1 heterocycles. The molecule has 23 heavy (non-hydrogen) atoms. The van der Waals surface area contributed by atoms with Crippen molar-refractivity contribution in [3.05, 3.63) is 68.6 Å². The van der Waals surface area contributed by atoms with Gasteiger partial charge in [-0.3, -0.25) is 0 Å². The quantitative estimate of drug-likeness (QED) is 0.548. The second kappa shape index (κ2) is 8.46. The van der Waals surface area contributed by atoms with E-state index in [1.165, 1.54) is 54.4 Å². The summed E-state index contributed by atoms with van der Waals surface area (Å²) in [6.45, 7) is 2.45. The van der Waals surface area contributed by atoms with Crippen molar-refractivity contribution in [3.8, 4) is 0 Å². The van der Waals surface area contributed by atoms with Crippen molar-refractivity contribution in [1.29, 1.82) is 0 Å². The molecule has 1 unspecified atom stereocenters. The maximum absolute atomic E-state index is 3.51. The zero-order valence-corrected chi connectivity index (χ0v) is 16.5. The molecule has 0 aromatic heterocycles. The molecule has 3 heteroatoms. The van der Waals surface area contributed by atoms with E-state index in [9.17, 15) is 0 Å². The van der Waals surface area contributed by atoms with Crippen LogP contribution in [-0.2, 0) is 12.8 Å². The van der Waals surface area contributed by atoms with Gasteiger partial charge in [0.15, 0.2) is 0 Å². The molecule has 1 atom stereocenters. The molecular formula is C20H23Br2N. The predicted molar refractivity (Wildman–Crippen MR) is 105 cm³/mol. The van der Waals surface area contributed by atoms with Crippen LogP contribution >= 0.6 is 31.9 Å². The van der Waals surface area contributed by atoms with Crippen LogP contribution in [-0.4, -0.2) is 24.0 Å². The number of hydrogen-bond donors (Lipinski definition) is 0. The van der Waals surface area contributed by atoms with Gasteiger partial charge in [-0.25, -0.2) is 0 Å². The number of nitrogens with zero attached hydrogens (tertiary/aromatic N) is 1. The van der Waals surface area contributed by atoms with Gasteiger partial charge in [0.05, 0.1) is 0 Å². The van der Waals surface area contributed by atoms with Gasteiger partial charge in [0, 0.05) is 21.5 Å². The van der Waals surface area contributed by atoms with Gasteiger partial charge in [-0.2, -0.15) is 0 Å². The lowest BCUT2D eigenvalue weighted by molar-refractivity contribution is 0.246. The van der Waals surface area contributed by atoms with Gasteiger partial charge in [0.25, 0.3) is 0 Å². The van der Waals surface area contributed by atoms with E-state index >= 15 is 0 Å². The maximum atomic E-state index is 3.51. The van der Waals surface area contributed by atoms with Crippen molar-refractivity contribution in [1.82, 2.24) is 4.90 Å². The van der Waals surface area contributed by atoms with Gasteiger partial charge in [-0.1, -0.05) is 56.1 Å². The molecule has 1 nitrogen and oxygen atoms in total. The Morgan fingerprint density at radius 1 is 0.826 bits per heavy atom. The molecule has 0 amide bonds. The predicted octanol–water partition coefficient (Wildman–Crippen LogP) is 5.85. The van der Waals surface area contributed by atoms with Gasteiger partial charge >= 0.3 is 0 Å². The highest BCUT2D eigenvalue weighted by Crippen LogP contribution is 2.23. The van der Waals surface area contributed by atoms with Crippen LogP contribution < -0.4 is 0 Å². The molecular weight excluding hydrogens is 414 g/mol. The number of benzene rings is 2. The van der Waals surface area contributed by atoms with Crippen LogP contribution in [0.25, 0.3) is 0 Å². The van der Waals surface area contributed by atoms with E-state index in [1.807, 2.05) is 0 Å². The van der Waals surface area contributed by atoms with Crippen molar-refractivity contribution >= 4 is 31.9 Å². The minimum atomic E-state index is 0.758. The van der Waals surface area contributed by atoms with E-state index in [2.05, 4.69) is 85.3 Å². The normalized spacial score (nSPS) is 18.4. The third kappa shape index (κ3) is 5.17. The monoisotopic (exact) mass is 435 g/mol. The van der Waals surface area contributed by atoms with E-state index < -0.39 is 0 Å². The number of likely N-dealkylation sites (tertiary alicyclic amines) is 1. The topological polar surface area (TPSA) is 3.24 Å². The third-order valence-corrected chi connectivity index (χ3v) is 5.84. The van der Waals surface area contributed by atoms with Crippen LogP contribution in [0.2, 0.25) is 0 Å². The second-order valence-electron chi connectivity index (χ2n) is 6.37. The summed E-state index contributed by atoms with van der Waals surface area (Å²) >= 11 is 7.01. The number of aryl methyl sites for hydroxylation is 1. The highest BCUT2D eigenvalue weighted by molar-refractivity contribution is 9.10. The summed E-state index contributed by atoms with van der Waals surface area (Å²) in [7, 11) is 0. The summed E-state index contributed by atoms with van der Waals surface area (Å²) in [5, 5.41) is 0. The smallest absolute Gasteiger partial charge is 0.0175 e. The molecule has 3 rings (SSSR count). The first-order valence-electron chi connectivity index (χ1n) is 8.43.